The molecule has 0 spiro atoms. The summed E-state index contributed by atoms with van der Waals surface area (Å²) in [5, 5.41) is 3.96. The summed E-state index contributed by atoms with van der Waals surface area (Å²) in [5.74, 6) is 2.05. The van der Waals surface area contributed by atoms with Crippen molar-refractivity contribution in [2.45, 2.75) is 38.5 Å². The second kappa shape index (κ2) is 10.2. The maximum Gasteiger partial charge on any atom is 0.194 e. The van der Waals surface area contributed by atoms with Crippen molar-refractivity contribution < 1.29 is 18.9 Å². The summed E-state index contributed by atoms with van der Waals surface area (Å²) < 4.78 is 22.7. The van der Waals surface area contributed by atoms with Gasteiger partial charge in [-0.25, -0.2) is 0 Å². The Bertz CT molecular complexity index is 680. The first-order chi connectivity index (χ1) is 13.7. The molecule has 2 unspecified atom stereocenters. The van der Waals surface area contributed by atoms with E-state index >= 15 is 0 Å². The van der Waals surface area contributed by atoms with Crippen LogP contribution in [0.2, 0.25) is 5.02 Å². The largest absolute Gasteiger partial charge is 0.493 e. The van der Waals surface area contributed by atoms with Crippen molar-refractivity contribution in [3.63, 3.8) is 0 Å². The number of aliphatic imine (C=N–C) groups is 1. The Morgan fingerprint density at radius 2 is 2.14 bits per heavy atom. The standard InChI is InChI=1S/C20H30ClN3O4/c1-4-26-19-15(21)10-14(11-17(19)25-3)12-23-20(22-2)24-7-9-28-18(13-24)16-6-5-8-27-16/h10-11,16,18H,4-9,12-13H2,1-3H3,(H,22,23). The van der Waals surface area contributed by atoms with Gasteiger partial charge in [0.05, 0.1) is 31.5 Å². The number of morpholine rings is 1. The van der Waals surface area contributed by atoms with Crippen LogP contribution in [0.5, 0.6) is 11.5 Å². The molecule has 2 aliphatic rings. The van der Waals surface area contributed by atoms with Gasteiger partial charge < -0.3 is 29.2 Å². The molecule has 1 aromatic rings. The van der Waals surface area contributed by atoms with Gasteiger partial charge in [-0.15, -0.1) is 0 Å². The molecule has 7 nitrogen and oxygen atoms in total. The molecule has 2 fully saturated rings. The first-order valence-electron chi connectivity index (χ1n) is 9.84. The molecule has 2 aliphatic heterocycles. The van der Waals surface area contributed by atoms with Crippen LogP contribution in [0.3, 0.4) is 0 Å². The molecule has 2 saturated heterocycles. The predicted molar refractivity (Wildman–Crippen MR) is 110 cm³/mol. The minimum Gasteiger partial charge on any atom is -0.493 e. The van der Waals surface area contributed by atoms with E-state index < -0.39 is 0 Å². The highest BCUT2D eigenvalue weighted by Gasteiger charge is 2.32. The third-order valence-electron chi connectivity index (χ3n) is 5.01. The Morgan fingerprint density at radius 1 is 1.32 bits per heavy atom. The van der Waals surface area contributed by atoms with Gasteiger partial charge in [0.25, 0.3) is 0 Å². The normalized spacial score (nSPS) is 23.0. The number of ether oxygens (including phenoxy) is 4. The zero-order valence-corrected chi connectivity index (χ0v) is 17.6. The highest BCUT2D eigenvalue weighted by molar-refractivity contribution is 6.32. The second-order valence-electron chi connectivity index (χ2n) is 6.85. The molecule has 2 heterocycles. The van der Waals surface area contributed by atoms with Gasteiger partial charge in [-0.2, -0.15) is 0 Å². The number of benzene rings is 1. The number of guanidine groups is 1. The smallest absolute Gasteiger partial charge is 0.194 e. The second-order valence-corrected chi connectivity index (χ2v) is 7.26. The molecule has 0 aliphatic carbocycles. The van der Waals surface area contributed by atoms with Gasteiger partial charge in [0, 0.05) is 33.3 Å². The van der Waals surface area contributed by atoms with Gasteiger partial charge >= 0.3 is 0 Å². The van der Waals surface area contributed by atoms with Crippen molar-refractivity contribution >= 4 is 17.6 Å². The Hall–Kier alpha value is -1.70. The Kier molecular flexibility index (Phi) is 7.65. The van der Waals surface area contributed by atoms with Crippen LogP contribution in [0, 0.1) is 0 Å². The monoisotopic (exact) mass is 411 g/mol. The Labute approximate surface area is 171 Å². The number of halogens is 1. The van der Waals surface area contributed by atoms with Crippen LogP contribution >= 0.6 is 11.6 Å². The van der Waals surface area contributed by atoms with Crippen molar-refractivity contribution in [3.8, 4) is 11.5 Å². The van der Waals surface area contributed by atoms with Gasteiger partial charge in [-0.1, -0.05) is 11.6 Å². The maximum atomic E-state index is 6.38. The van der Waals surface area contributed by atoms with E-state index in [4.69, 9.17) is 30.5 Å². The summed E-state index contributed by atoms with van der Waals surface area (Å²) in [6.07, 6.45) is 2.46. The highest BCUT2D eigenvalue weighted by atomic mass is 35.5. The Balaban J connectivity index is 1.63. The molecule has 8 heteroatoms. The van der Waals surface area contributed by atoms with Crippen LogP contribution in [-0.2, 0) is 16.0 Å². The van der Waals surface area contributed by atoms with Crippen LogP contribution in [0.25, 0.3) is 0 Å². The van der Waals surface area contributed by atoms with Crippen molar-refractivity contribution in [2.24, 2.45) is 4.99 Å². The van der Waals surface area contributed by atoms with Gasteiger partial charge in [-0.05, 0) is 37.5 Å². The first-order valence-corrected chi connectivity index (χ1v) is 10.2. The average molecular weight is 412 g/mol. The van der Waals surface area contributed by atoms with Gasteiger partial charge in [0.1, 0.15) is 6.10 Å². The number of nitrogens with one attached hydrogen (secondary N) is 1. The zero-order chi connectivity index (χ0) is 19.9. The van der Waals surface area contributed by atoms with Crippen LogP contribution in [0.15, 0.2) is 17.1 Å². The topological polar surface area (TPSA) is 64.6 Å². The quantitative estimate of drug-likeness (QED) is 0.573. The summed E-state index contributed by atoms with van der Waals surface area (Å²) in [4.78, 5) is 6.67. The van der Waals surface area contributed by atoms with E-state index in [0.29, 0.717) is 36.3 Å². The number of methoxy groups -OCH3 is 1. The number of nitrogens with zero attached hydrogens (tertiary/aromatic N) is 2. The number of hydrogen-bond acceptors (Lipinski definition) is 5. The third kappa shape index (κ3) is 5.01. The van der Waals surface area contributed by atoms with Crippen LogP contribution in [-0.4, -0.2) is 70.1 Å². The molecule has 1 N–H and O–H groups in total. The van der Waals surface area contributed by atoms with Crippen LogP contribution in [0.4, 0.5) is 0 Å². The SMILES string of the molecule is CCOc1c(Cl)cc(CNC(=NC)N2CCOC(C3CCCO3)C2)cc1OC. The highest BCUT2D eigenvalue weighted by Crippen LogP contribution is 2.36. The van der Waals surface area contributed by atoms with E-state index in [9.17, 15) is 0 Å². The van der Waals surface area contributed by atoms with Gasteiger partial charge in [0.15, 0.2) is 17.5 Å². The van der Waals surface area contributed by atoms with Crippen molar-refractivity contribution in [3.05, 3.63) is 22.7 Å². The minimum absolute atomic E-state index is 0.0924. The molecule has 3 rings (SSSR count). The molecule has 2 atom stereocenters. The van der Waals surface area contributed by atoms with E-state index in [-0.39, 0.29) is 12.2 Å². The summed E-state index contributed by atoms with van der Waals surface area (Å²) in [7, 11) is 3.41. The Morgan fingerprint density at radius 3 is 2.82 bits per heavy atom. The van der Waals surface area contributed by atoms with Crippen molar-refractivity contribution in [1.29, 1.82) is 0 Å². The van der Waals surface area contributed by atoms with Gasteiger partial charge in [0.2, 0.25) is 0 Å². The zero-order valence-electron chi connectivity index (χ0n) is 16.9. The van der Waals surface area contributed by atoms with E-state index in [1.807, 2.05) is 19.1 Å². The average Bonchev–Trinajstić information content (AvgIpc) is 3.25. The molecule has 28 heavy (non-hydrogen) atoms. The summed E-state index contributed by atoms with van der Waals surface area (Å²) in [6, 6.07) is 3.83. The van der Waals surface area contributed by atoms with E-state index in [0.717, 1.165) is 44.1 Å². The minimum atomic E-state index is 0.0924. The maximum absolute atomic E-state index is 6.38. The van der Waals surface area contributed by atoms with E-state index in [1.165, 1.54) is 0 Å². The molecule has 0 aromatic heterocycles. The number of rotatable bonds is 6. The lowest BCUT2D eigenvalue weighted by Gasteiger charge is -2.37. The lowest BCUT2D eigenvalue weighted by Crippen LogP contribution is -2.53. The molecule has 0 saturated carbocycles. The lowest BCUT2D eigenvalue weighted by atomic mass is 10.1. The van der Waals surface area contributed by atoms with Crippen molar-refractivity contribution in [1.82, 2.24) is 10.2 Å². The third-order valence-corrected chi connectivity index (χ3v) is 5.29. The fraction of sp³-hybridized carbons (Fsp3) is 0.650. The molecular weight excluding hydrogens is 382 g/mol. The van der Waals surface area contributed by atoms with E-state index in [2.05, 4.69) is 15.2 Å². The molecule has 0 amide bonds. The van der Waals surface area contributed by atoms with E-state index in [1.54, 1.807) is 14.2 Å². The van der Waals surface area contributed by atoms with Gasteiger partial charge in [-0.3, -0.25) is 4.99 Å². The van der Waals surface area contributed by atoms with Crippen LogP contribution < -0.4 is 14.8 Å². The summed E-state index contributed by atoms with van der Waals surface area (Å²) >= 11 is 6.38. The van der Waals surface area contributed by atoms with Crippen molar-refractivity contribution in [2.75, 3.05) is 47.1 Å². The molecule has 0 bridgehead atoms. The molecular formula is C20H30ClN3O4. The molecule has 156 valence electrons. The predicted octanol–water partition coefficient (Wildman–Crippen LogP) is 2.70. The van der Waals surface area contributed by atoms with Crippen LogP contribution in [0.1, 0.15) is 25.3 Å². The first kappa shape index (κ1) is 21.0. The summed E-state index contributed by atoms with van der Waals surface area (Å²) in [6.45, 7) is 6.11. The molecule has 1 aromatic carbocycles. The lowest BCUT2D eigenvalue weighted by molar-refractivity contribution is -0.0817. The summed E-state index contributed by atoms with van der Waals surface area (Å²) in [5.41, 5.74) is 0.996. The fourth-order valence-corrected chi connectivity index (χ4v) is 3.95. The number of hydrogen-bond donors (Lipinski definition) is 1. The fourth-order valence-electron chi connectivity index (χ4n) is 3.66. The molecule has 0 radical (unpaired) electrons.